The van der Waals surface area contributed by atoms with Crippen molar-refractivity contribution < 1.29 is 23.9 Å². The van der Waals surface area contributed by atoms with Gasteiger partial charge in [-0.1, -0.05) is 30.3 Å². The third-order valence-corrected chi connectivity index (χ3v) is 5.27. The molecule has 9 nitrogen and oxygen atoms in total. The lowest BCUT2D eigenvalue weighted by molar-refractivity contribution is -0.133. The molecule has 9 heteroatoms. The monoisotopic (exact) mass is 462 g/mol. The summed E-state index contributed by atoms with van der Waals surface area (Å²) in [6, 6.07) is 8.92. The number of carbonyl (C=O) groups is 3. The highest BCUT2D eigenvalue weighted by molar-refractivity contribution is 5.81. The number of benzene rings is 1. The van der Waals surface area contributed by atoms with Gasteiger partial charge in [0.1, 0.15) is 12.2 Å². The van der Waals surface area contributed by atoms with Crippen molar-refractivity contribution in [2.75, 3.05) is 19.6 Å². The summed E-state index contributed by atoms with van der Waals surface area (Å²) in [6.45, 7) is 7.25. The van der Waals surface area contributed by atoms with E-state index < -0.39 is 23.8 Å². The van der Waals surface area contributed by atoms with Gasteiger partial charge in [-0.3, -0.25) is 4.79 Å². The van der Waals surface area contributed by atoms with Crippen molar-refractivity contribution in [1.82, 2.24) is 15.5 Å². The Kier molecular flexibility index (Phi) is 10.4. The molecule has 1 heterocycles. The number of piperidine rings is 1. The van der Waals surface area contributed by atoms with Crippen LogP contribution in [0.25, 0.3) is 0 Å². The third-order valence-electron chi connectivity index (χ3n) is 5.27. The number of nitrogens with one attached hydrogen (secondary N) is 2. The number of alkyl carbamates (subject to hydrolysis) is 2. The van der Waals surface area contributed by atoms with E-state index in [-0.39, 0.29) is 18.6 Å². The van der Waals surface area contributed by atoms with Crippen LogP contribution in [-0.2, 0) is 20.9 Å². The van der Waals surface area contributed by atoms with E-state index in [9.17, 15) is 14.4 Å². The van der Waals surface area contributed by atoms with Gasteiger partial charge in [0.15, 0.2) is 0 Å². The topological polar surface area (TPSA) is 123 Å². The van der Waals surface area contributed by atoms with Gasteiger partial charge in [0.25, 0.3) is 0 Å². The summed E-state index contributed by atoms with van der Waals surface area (Å²) in [5, 5.41) is 5.58. The fourth-order valence-electron chi connectivity index (χ4n) is 3.53. The number of hydrogen-bond donors (Lipinski definition) is 3. The molecule has 1 saturated heterocycles. The Morgan fingerprint density at radius 2 is 1.76 bits per heavy atom. The van der Waals surface area contributed by atoms with Gasteiger partial charge in [0, 0.05) is 25.7 Å². The van der Waals surface area contributed by atoms with Gasteiger partial charge in [0.05, 0.1) is 6.04 Å². The summed E-state index contributed by atoms with van der Waals surface area (Å²) in [7, 11) is 0. The Bertz CT molecular complexity index is 758. The molecule has 0 aromatic heterocycles. The zero-order valence-electron chi connectivity index (χ0n) is 20.0. The van der Waals surface area contributed by atoms with E-state index in [0.717, 1.165) is 18.4 Å². The standard InChI is InChI=1S/C24H38N4O5/c1-24(2,3)33-22(30)26-14-8-7-11-20(25)21(29)28-15-12-19(13-16-28)27-23(31)32-17-18-9-5-4-6-10-18/h4-6,9-10,19-20H,7-8,11-17,25H2,1-3H3,(H,26,30)(H,27,31)/t20-/m1/s1. The number of likely N-dealkylation sites (tertiary alicyclic amines) is 1. The average Bonchev–Trinajstić information content (AvgIpc) is 2.77. The van der Waals surface area contributed by atoms with Crippen LogP contribution in [0.15, 0.2) is 30.3 Å². The summed E-state index contributed by atoms with van der Waals surface area (Å²) < 4.78 is 10.4. The van der Waals surface area contributed by atoms with Crippen LogP contribution >= 0.6 is 0 Å². The molecule has 0 aliphatic carbocycles. The van der Waals surface area contributed by atoms with Crippen molar-refractivity contribution in [1.29, 1.82) is 0 Å². The zero-order valence-corrected chi connectivity index (χ0v) is 20.0. The Labute approximate surface area is 196 Å². The van der Waals surface area contributed by atoms with Crippen molar-refractivity contribution in [3.05, 3.63) is 35.9 Å². The first-order valence-electron chi connectivity index (χ1n) is 11.6. The largest absolute Gasteiger partial charge is 0.445 e. The molecule has 1 fully saturated rings. The number of nitrogens with zero attached hydrogens (tertiary/aromatic N) is 1. The average molecular weight is 463 g/mol. The molecule has 0 bridgehead atoms. The summed E-state index contributed by atoms with van der Waals surface area (Å²) in [5.74, 6) is -0.0693. The first-order chi connectivity index (χ1) is 15.6. The Balaban J connectivity index is 1.58. The number of rotatable bonds is 9. The molecular formula is C24H38N4O5. The molecule has 1 aliphatic rings. The number of hydrogen-bond acceptors (Lipinski definition) is 6. The molecule has 4 N–H and O–H groups in total. The van der Waals surface area contributed by atoms with E-state index in [1.807, 2.05) is 51.1 Å². The van der Waals surface area contributed by atoms with Gasteiger partial charge in [-0.25, -0.2) is 9.59 Å². The molecule has 2 rings (SSSR count). The Morgan fingerprint density at radius 3 is 2.39 bits per heavy atom. The van der Waals surface area contributed by atoms with Crippen LogP contribution in [0, 0.1) is 0 Å². The fraction of sp³-hybridized carbons (Fsp3) is 0.625. The van der Waals surface area contributed by atoms with E-state index in [2.05, 4.69) is 10.6 Å². The molecule has 1 aromatic carbocycles. The lowest BCUT2D eigenvalue weighted by Gasteiger charge is -2.33. The van der Waals surface area contributed by atoms with Gasteiger partial charge in [-0.15, -0.1) is 0 Å². The smallest absolute Gasteiger partial charge is 0.407 e. The van der Waals surface area contributed by atoms with Gasteiger partial charge in [-0.05, 0) is 58.4 Å². The number of amides is 3. The minimum Gasteiger partial charge on any atom is -0.445 e. The van der Waals surface area contributed by atoms with Crippen molar-refractivity contribution >= 4 is 18.1 Å². The lowest BCUT2D eigenvalue weighted by Crippen LogP contribution is -2.51. The number of unbranched alkanes of at least 4 members (excludes halogenated alkanes) is 1. The maximum atomic E-state index is 12.6. The second kappa shape index (κ2) is 13.0. The maximum absolute atomic E-state index is 12.6. The highest BCUT2D eigenvalue weighted by atomic mass is 16.6. The maximum Gasteiger partial charge on any atom is 0.407 e. The third kappa shape index (κ3) is 10.6. The number of carbonyl (C=O) groups excluding carboxylic acids is 3. The van der Waals surface area contributed by atoms with Crippen LogP contribution in [-0.4, -0.2) is 60.3 Å². The molecule has 1 aromatic rings. The van der Waals surface area contributed by atoms with Crippen molar-refractivity contribution in [3.8, 4) is 0 Å². The minimum absolute atomic E-state index is 0.0209. The fourth-order valence-corrected chi connectivity index (χ4v) is 3.53. The van der Waals surface area contributed by atoms with Crippen molar-refractivity contribution in [2.45, 2.75) is 77.2 Å². The number of nitrogens with two attached hydrogens (primary N) is 1. The van der Waals surface area contributed by atoms with E-state index in [1.165, 1.54) is 0 Å². The zero-order chi connectivity index (χ0) is 24.3. The van der Waals surface area contributed by atoms with Gasteiger partial charge >= 0.3 is 12.2 Å². The molecule has 1 aliphatic heterocycles. The molecule has 0 spiro atoms. The minimum atomic E-state index is -0.563. The van der Waals surface area contributed by atoms with E-state index >= 15 is 0 Å². The SMILES string of the molecule is CC(C)(C)OC(=O)NCCCC[C@@H](N)C(=O)N1CCC(NC(=O)OCc2ccccc2)CC1. The second-order valence-electron chi connectivity index (χ2n) is 9.34. The highest BCUT2D eigenvalue weighted by Gasteiger charge is 2.27. The molecule has 3 amide bonds. The predicted molar refractivity (Wildman–Crippen MR) is 125 cm³/mol. The van der Waals surface area contributed by atoms with Crippen LogP contribution < -0.4 is 16.4 Å². The highest BCUT2D eigenvalue weighted by Crippen LogP contribution is 2.13. The van der Waals surface area contributed by atoms with Crippen LogP contribution in [0.3, 0.4) is 0 Å². The summed E-state index contributed by atoms with van der Waals surface area (Å²) >= 11 is 0. The number of ether oxygens (including phenoxy) is 2. The summed E-state index contributed by atoms with van der Waals surface area (Å²) in [4.78, 5) is 38.0. The Hall–Kier alpha value is -2.81. The molecule has 0 saturated carbocycles. The first-order valence-corrected chi connectivity index (χ1v) is 11.6. The van der Waals surface area contributed by atoms with Crippen LogP contribution in [0.2, 0.25) is 0 Å². The Morgan fingerprint density at radius 1 is 1.09 bits per heavy atom. The molecule has 184 valence electrons. The van der Waals surface area contributed by atoms with Crippen LogP contribution in [0.1, 0.15) is 58.4 Å². The lowest BCUT2D eigenvalue weighted by atomic mass is 10.0. The van der Waals surface area contributed by atoms with Gasteiger partial charge in [0.2, 0.25) is 5.91 Å². The van der Waals surface area contributed by atoms with Crippen LogP contribution in [0.4, 0.5) is 9.59 Å². The summed E-state index contributed by atoms with van der Waals surface area (Å²) in [6.07, 6.45) is 2.45. The van der Waals surface area contributed by atoms with Gasteiger partial charge < -0.3 is 30.7 Å². The van der Waals surface area contributed by atoms with Crippen LogP contribution in [0.5, 0.6) is 0 Å². The van der Waals surface area contributed by atoms with Crippen molar-refractivity contribution in [2.24, 2.45) is 5.73 Å². The molecule has 33 heavy (non-hydrogen) atoms. The van der Waals surface area contributed by atoms with Crippen molar-refractivity contribution in [3.63, 3.8) is 0 Å². The van der Waals surface area contributed by atoms with E-state index in [4.69, 9.17) is 15.2 Å². The molecular weight excluding hydrogens is 424 g/mol. The first kappa shape index (κ1) is 26.4. The van der Waals surface area contributed by atoms with E-state index in [1.54, 1.807) is 4.90 Å². The quantitative estimate of drug-likeness (QED) is 0.485. The second-order valence-corrected chi connectivity index (χ2v) is 9.34. The summed E-state index contributed by atoms with van der Waals surface area (Å²) in [5.41, 5.74) is 6.50. The van der Waals surface area contributed by atoms with Gasteiger partial charge in [-0.2, -0.15) is 0 Å². The molecule has 1 atom stereocenters. The molecule has 0 radical (unpaired) electrons. The normalized spacial score (nSPS) is 15.5. The molecule has 0 unspecified atom stereocenters. The van der Waals surface area contributed by atoms with E-state index in [0.29, 0.717) is 38.9 Å². The predicted octanol–water partition coefficient (Wildman–Crippen LogP) is 2.93.